The third-order valence-electron chi connectivity index (χ3n) is 3.50. The summed E-state index contributed by atoms with van der Waals surface area (Å²) in [6.45, 7) is 0. The summed E-state index contributed by atoms with van der Waals surface area (Å²) in [5.74, 6) is -5.90. The number of imide groups is 1. The Hall–Kier alpha value is -2.75. The van der Waals surface area contributed by atoms with Crippen LogP contribution in [0.1, 0.15) is 37.5 Å². The zero-order valence-corrected chi connectivity index (χ0v) is 13.2. The van der Waals surface area contributed by atoms with Gasteiger partial charge < -0.3 is 19.8 Å². The Morgan fingerprint density at radius 3 is 2.21 bits per heavy atom. The van der Waals surface area contributed by atoms with Gasteiger partial charge >= 0.3 is 0 Å². The van der Waals surface area contributed by atoms with Crippen molar-refractivity contribution >= 4 is 33.6 Å². The quantitative estimate of drug-likeness (QED) is 0.497. The number of carbonyl (C=O) groups is 4. The van der Waals surface area contributed by atoms with Gasteiger partial charge in [0, 0.05) is 6.26 Å². The fraction of sp³-hybridized carbons (Fsp3) is 0.286. The molecule has 0 saturated carbocycles. The van der Waals surface area contributed by atoms with Crippen LogP contribution in [0.5, 0.6) is 0 Å². The Bertz CT molecular complexity index is 858. The average Bonchev–Trinajstić information content (AvgIpc) is 2.70. The molecule has 0 aliphatic carbocycles. The van der Waals surface area contributed by atoms with Gasteiger partial charge in [-0.25, -0.2) is 8.42 Å². The van der Waals surface area contributed by atoms with Crippen LogP contribution in [0.3, 0.4) is 0 Å². The maximum atomic E-state index is 12.3. The third kappa shape index (κ3) is 3.27. The zero-order valence-electron chi connectivity index (χ0n) is 12.3. The number of hydrogen-bond acceptors (Lipinski definition) is 8. The fourth-order valence-corrected chi connectivity index (χ4v) is 3.00. The van der Waals surface area contributed by atoms with E-state index in [1.54, 1.807) is 0 Å². The molecule has 1 aromatic rings. The molecule has 1 aliphatic heterocycles. The minimum Gasteiger partial charge on any atom is -0.548 e. The van der Waals surface area contributed by atoms with E-state index in [-0.39, 0.29) is 16.7 Å². The van der Waals surface area contributed by atoms with Gasteiger partial charge in [-0.1, -0.05) is 6.07 Å². The van der Waals surface area contributed by atoms with Crippen LogP contribution in [0.4, 0.5) is 0 Å². The molecule has 0 spiro atoms. The first kappa shape index (κ1) is 17.6. The molecular weight excluding hydrogens is 342 g/mol. The van der Waals surface area contributed by atoms with E-state index in [9.17, 15) is 37.8 Å². The van der Waals surface area contributed by atoms with Crippen LogP contribution in [-0.4, -0.2) is 55.1 Å². The highest BCUT2D eigenvalue weighted by molar-refractivity contribution is 7.90. The molecule has 1 atom stereocenters. The summed E-state index contributed by atoms with van der Waals surface area (Å²) >= 11 is 0. The summed E-state index contributed by atoms with van der Waals surface area (Å²) < 4.78 is 22.4. The summed E-state index contributed by atoms with van der Waals surface area (Å²) in [5.41, 5.74) is -0.805. The number of benzene rings is 1. The third-order valence-corrected chi connectivity index (χ3v) is 4.48. The number of rotatable bonds is 6. The van der Waals surface area contributed by atoms with Crippen LogP contribution in [0.2, 0.25) is 0 Å². The van der Waals surface area contributed by atoms with Crippen LogP contribution < -0.4 is 10.2 Å². The Morgan fingerprint density at radius 1 is 1.12 bits per heavy atom. The summed E-state index contributed by atoms with van der Waals surface area (Å²) in [6, 6.07) is 1.25. The maximum Gasteiger partial charge on any atom is 0.262 e. The standard InChI is InChI=1S/C14H13NO8S/c1-24(22,23)5-4-10(14(20)21)15-11(16)8-3-2-7(13(18)19)6-9(8)12(15)17/h2-3,6,10H,4-5H2,1H3,(H,18,19)(H,20,21)/p-2/t10-/m0/s1. The molecular formula is C14H11NO8S-2. The van der Waals surface area contributed by atoms with Crippen molar-refractivity contribution in [2.75, 3.05) is 12.0 Å². The number of aromatic carboxylic acids is 1. The number of aliphatic carboxylic acids is 1. The minimum atomic E-state index is -3.53. The van der Waals surface area contributed by atoms with E-state index < -0.39 is 51.8 Å². The van der Waals surface area contributed by atoms with Crippen molar-refractivity contribution in [3.8, 4) is 0 Å². The number of nitrogens with zero attached hydrogens (tertiary/aromatic N) is 1. The number of carbonyl (C=O) groups excluding carboxylic acids is 4. The molecule has 0 unspecified atom stereocenters. The molecule has 0 saturated heterocycles. The normalized spacial score (nSPS) is 15.3. The summed E-state index contributed by atoms with van der Waals surface area (Å²) in [7, 11) is -3.53. The fourth-order valence-electron chi connectivity index (χ4n) is 2.35. The van der Waals surface area contributed by atoms with E-state index in [4.69, 9.17) is 0 Å². The average molecular weight is 353 g/mol. The van der Waals surface area contributed by atoms with Crippen molar-refractivity contribution in [2.45, 2.75) is 12.5 Å². The molecule has 1 aliphatic rings. The van der Waals surface area contributed by atoms with E-state index in [1.807, 2.05) is 0 Å². The lowest BCUT2D eigenvalue weighted by atomic mass is 10.1. The van der Waals surface area contributed by atoms with Crippen molar-refractivity contribution in [1.82, 2.24) is 4.90 Å². The summed E-state index contributed by atoms with van der Waals surface area (Å²) in [4.78, 5) is 47.0. The number of fused-ring (bicyclic) bond motifs is 1. The largest absolute Gasteiger partial charge is 0.548 e. The topological polar surface area (TPSA) is 152 Å². The van der Waals surface area contributed by atoms with Gasteiger partial charge in [-0.05, 0) is 24.1 Å². The number of hydrogen-bond donors (Lipinski definition) is 0. The number of carboxylic acid groups (broad SMARTS) is 2. The van der Waals surface area contributed by atoms with Crippen LogP contribution in [0.25, 0.3) is 0 Å². The van der Waals surface area contributed by atoms with Crippen molar-refractivity contribution in [3.63, 3.8) is 0 Å². The van der Waals surface area contributed by atoms with Crippen molar-refractivity contribution < 1.29 is 37.8 Å². The van der Waals surface area contributed by atoms with Crippen molar-refractivity contribution in [2.24, 2.45) is 0 Å². The van der Waals surface area contributed by atoms with Gasteiger partial charge in [0.2, 0.25) is 0 Å². The molecule has 2 amide bonds. The van der Waals surface area contributed by atoms with Crippen molar-refractivity contribution in [1.29, 1.82) is 0 Å². The van der Waals surface area contributed by atoms with Gasteiger partial charge in [-0.3, -0.25) is 14.5 Å². The second kappa shape index (κ2) is 6.04. The predicted molar refractivity (Wildman–Crippen MR) is 74.4 cm³/mol. The number of carboxylic acids is 2. The van der Waals surface area contributed by atoms with E-state index >= 15 is 0 Å². The van der Waals surface area contributed by atoms with E-state index in [0.29, 0.717) is 4.90 Å². The number of amides is 2. The second-order valence-electron chi connectivity index (χ2n) is 5.28. The number of sulfone groups is 1. The molecule has 0 N–H and O–H groups in total. The monoisotopic (exact) mass is 353 g/mol. The molecule has 9 nitrogen and oxygen atoms in total. The summed E-state index contributed by atoms with van der Waals surface area (Å²) in [5, 5.41) is 22.1. The highest BCUT2D eigenvalue weighted by atomic mass is 32.2. The van der Waals surface area contributed by atoms with Gasteiger partial charge in [0.15, 0.2) is 0 Å². The van der Waals surface area contributed by atoms with Crippen LogP contribution in [0.15, 0.2) is 18.2 Å². The zero-order chi connectivity index (χ0) is 18.2. The van der Waals surface area contributed by atoms with Crippen LogP contribution in [0, 0.1) is 0 Å². The lowest BCUT2D eigenvalue weighted by Crippen LogP contribution is -2.51. The molecule has 1 heterocycles. The van der Waals surface area contributed by atoms with Crippen LogP contribution >= 0.6 is 0 Å². The molecule has 2 rings (SSSR count). The van der Waals surface area contributed by atoms with Gasteiger partial charge in [0.05, 0.1) is 34.9 Å². The molecule has 1 aromatic carbocycles. The Kier molecular flexibility index (Phi) is 4.43. The van der Waals surface area contributed by atoms with E-state index in [0.717, 1.165) is 24.5 Å². The second-order valence-corrected chi connectivity index (χ2v) is 7.54. The smallest absolute Gasteiger partial charge is 0.262 e. The first-order valence-corrected chi connectivity index (χ1v) is 8.71. The summed E-state index contributed by atoms with van der Waals surface area (Å²) in [6.07, 6.45) is 0.355. The molecule has 0 radical (unpaired) electrons. The SMILES string of the molecule is CS(=O)(=O)CC[C@@H](C(=O)[O-])N1C(=O)c2ccc(C(=O)[O-])cc2C1=O. The molecule has 24 heavy (non-hydrogen) atoms. The van der Waals surface area contributed by atoms with Crippen LogP contribution in [-0.2, 0) is 14.6 Å². The van der Waals surface area contributed by atoms with E-state index in [1.165, 1.54) is 0 Å². The highest BCUT2D eigenvalue weighted by Crippen LogP contribution is 2.26. The van der Waals surface area contributed by atoms with E-state index in [2.05, 4.69) is 0 Å². The predicted octanol–water partition coefficient (Wildman–Crippen LogP) is -2.80. The molecule has 128 valence electrons. The minimum absolute atomic E-state index is 0.171. The molecule has 10 heteroatoms. The molecule has 0 bridgehead atoms. The van der Waals surface area contributed by atoms with Gasteiger partial charge in [0.1, 0.15) is 9.84 Å². The maximum absolute atomic E-state index is 12.3. The lowest BCUT2D eigenvalue weighted by molar-refractivity contribution is -0.310. The Morgan fingerprint density at radius 2 is 1.71 bits per heavy atom. The van der Waals surface area contributed by atoms with Crippen molar-refractivity contribution in [3.05, 3.63) is 34.9 Å². The Labute approximate surface area is 136 Å². The lowest BCUT2D eigenvalue weighted by Gasteiger charge is -2.26. The van der Waals surface area contributed by atoms with Gasteiger partial charge in [-0.15, -0.1) is 0 Å². The first-order chi connectivity index (χ1) is 11.0. The molecule has 0 aromatic heterocycles. The van der Waals surface area contributed by atoms with Gasteiger partial charge in [-0.2, -0.15) is 0 Å². The highest BCUT2D eigenvalue weighted by Gasteiger charge is 2.40. The Balaban J connectivity index is 2.40. The van der Waals surface area contributed by atoms with Gasteiger partial charge in [0.25, 0.3) is 11.8 Å². The molecule has 0 fully saturated rings. The first-order valence-electron chi connectivity index (χ1n) is 6.65.